The molecule has 1 rings (SSSR count). The van der Waals surface area contributed by atoms with Crippen LogP contribution in [-0.4, -0.2) is 33.6 Å². The van der Waals surface area contributed by atoms with E-state index in [1.54, 1.807) is 0 Å². The first-order valence-electron chi connectivity index (χ1n) is 4.88. The number of hydrogen-bond donors (Lipinski definition) is 4. The van der Waals surface area contributed by atoms with Crippen LogP contribution in [0.25, 0.3) is 0 Å². The van der Waals surface area contributed by atoms with Crippen LogP contribution < -0.4 is 5.73 Å². The predicted octanol–water partition coefficient (Wildman–Crippen LogP) is -0.526. The van der Waals surface area contributed by atoms with Crippen LogP contribution in [0.4, 0.5) is 0 Å². The summed E-state index contributed by atoms with van der Waals surface area (Å²) in [6, 6.07) is 3.81. The van der Waals surface area contributed by atoms with Crippen molar-refractivity contribution < 1.29 is 24.9 Å². The minimum atomic E-state index is -1.48. The summed E-state index contributed by atoms with van der Waals surface area (Å²) in [7, 11) is 0. The summed E-state index contributed by atoms with van der Waals surface area (Å²) < 4.78 is 0. The molecule has 0 aliphatic carbocycles. The van der Waals surface area contributed by atoms with E-state index in [9.17, 15) is 24.9 Å². The van der Waals surface area contributed by atoms with Gasteiger partial charge in [-0.05, 0) is 18.2 Å². The second kappa shape index (κ2) is 5.42. The van der Waals surface area contributed by atoms with Crippen molar-refractivity contribution >= 4 is 12.2 Å². The molecule has 1 aromatic carbocycles. The molecule has 0 spiro atoms. The highest BCUT2D eigenvalue weighted by Gasteiger charge is 2.23. The molecule has 0 radical (unpaired) electrons. The van der Waals surface area contributed by atoms with Crippen LogP contribution >= 0.6 is 0 Å². The number of aliphatic hydroxyl groups excluding tert-OH is 2. The number of benzene rings is 1. The molecule has 17 heavy (non-hydrogen) atoms. The van der Waals surface area contributed by atoms with Gasteiger partial charge < -0.3 is 21.1 Å². The maximum Gasteiger partial charge on any atom is 0.220 e. The van der Waals surface area contributed by atoms with Gasteiger partial charge in [0.15, 0.2) is 0 Å². The van der Waals surface area contributed by atoms with E-state index in [0.717, 1.165) is 0 Å². The van der Waals surface area contributed by atoms with E-state index < -0.39 is 24.5 Å². The highest BCUT2D eigenvalue weighted by Crippen LogP contribution is 2.28. The van der Waals surface area contributed by atoms with E-state index in [2.05, 4.69) is 0 Å². The van der Waals surface area contributed by atoms with Crippen LogP contribution in [-0.2, 0) is 4.79 Å². The molecule has 0 aromatic heterocycles. The number of primary amides is 1. The van der Waals surface area contributed by atoms with Gasteiger partial charge in [0, 0.05) is 11.1 Å². The van der Waals surface area contributed by atoms with Crippen LogP contribution in [0.1, 0.15) is 28.4 Å². The lowest BCUT2D eigenvalue weighted by Gasteiger charge is -2.18. The molecule has 0 bridgehead atoms. The molecule has 2 unspecified atom stereocenters. The molecule has 1 aromatic rings. The van der Waals surface area contributed by atoms with Crippen molar-refractivity contribution in [2.45, 2.75) is 18.6 Å². The van der Waals surface area contributed by atoms with Gasteiger partial charge in [-0.1, -0.05) is 0 Å². The molecule has 2 atom stereocenters. The lowest BCUT2D eigenvalue weighted by Crippen LogP contribution is -2.25. The first-order valence-corrected chi connectivity index (χ1v) is 4.88. The number of phenolic OH excluding ortho intramolecular Hbond substituents is 1. The van der Waals surface area contributed by atoms with Crippen molar-refractivity contribution in [3.05, 3.63) is 29.3 Å². The van der Waals surface area contributed by atoms with Gasteiger partial charge in [0.25, 0.3) is 0 Å². The molecule has 0 fully saturated rings. The normalized spacial score (nSPS) is 14.0. The van der Waals surface area contributed by atoms with Gasteiger partial charge in [-0.25, -0.2) is 0 Å². The van der Waals surface area contributed by atoms with Crippen LogP contribution in [0.2, 0.25) is 0 Å². The van der Waals surface area contributed by atoms with E-state index in [-0.39, 0.29) is 16.9 Å². The zero-order valence-electron chi connectivity index (χ0n) is 8.91. The minimum absolute atomic E-state index is 0.0247. The Morgan fingerprint density at radius 2 is 2.06 bits per heavy atom. The molecule has 1 amide bonds. The number of aromatic hydroxyl groups is 1. The molecular formula is C11H13NO5. The summed E-state index contributed by atoms with van der Waals surface area (Å²) in [6.45, 7) is 0. The summed E-state index contributed by atoms with van der Waals surface area (Å²) in [5, 5.41) is 28.7. The number of carbonyl (C=O) groups is 2. The van der Waals surface area contributed by atoms with Gasteiger partial charge >= 0.3 is 0 Å². The number of carbonyl (C=O) groups excluding carboxylic acids is 2. The van der Waals surface area contributed by atoms with E-state index in [1.165, 1.54) is 18.2 Å². The average molecular weight is 239 g/mol. The Balaban J connectivity index is 2.97. The summed E-state index contributed by atoms with van der Waals surface area (Å²) in [4.78, 5) is 21.1. The Labute approximate surface area is 97.3 Å². The number of nitrogens with two attached hydrogens (primary N) is 1. The Bertz CT molecular complexity index is 432. The molecule has 5 N–H and O–H groups in total. The molecule has 0 aliphatic rings. The quantitative estimate of drug-likeness (QED) is 0.515. The van der Waals surface area contributed by atoms with Crippen LogP contribution in [0.5, 0.6) is 5.75 Å². The first-order chi connectivity index (χ1) is 7.95. The maximum absolute atomic E-state index is 10.6. The molecule has 0 saturated carbocycles. The van der Waals surface area contributed by atoms with E-state index >= 15 is 0 Å². The van der Waals surface area contributed by atoms with Crippen LogP contribution in [0.15, 0.2) is 18.2 Å². The Morgan fingerprint density at radius 1 is 1.41 bits per heavy atom. The Kier molecular flexibility index (Phi) is 4.19. The number of amides is 1. The molecular weight excluding hydrogens is 226 g/mol. The van der Waals surface area contributed by atoms with Gasteiger partial charge in [-0.2, -0.15) is 0 Å². The van der Waals surface area contributed by atoms with Crippen molar-refractivity contribution in [2.75, 3.05) is 0 Å². The van der Waals surface area contributed by atoms with Gasteiger partial charge in [-0.15, -0.1) is 0 Å². The van der Waals surface area contributed by atoms with Gasteiger partial charge in [0.2, 0.25) is 5.91 Å². The van der Waals surface area contributed by atoms with Crippen molar-refractivity contribution in [3.8, 4) is 5.75 Å². The Morgan fingerprint density at radius 3 is 2.59 bits per heavy atom. The summed E-state index contributed by atoms with van der Waals surface area (Å²) in [5.41, 5.74) is 5.09. The van der Waals surface area contributed by atoms with Gasteiger partial charge in [0.05, 0.1) is 12.5 Å². The molecule has 6 heteroatoms. The fraction of sp³-hybridized carbons (Fsp3) is 0.273. The summed E-state index contributed by atoms with van der Waals surface area (Å²) in [6.07, 6.45) is -2.81. The topological polar surface area (TPSA) is 121 Å². The third-order valence-electron chi connectivity index (χ3n) is 2.28. The molecule has 92 valence electrons. The molecule has 0 saturated heterocycles. The second-order valence-corrected chi connectivity index (χ2v) is 3.62. The number of rotatable bonds is 5. The van der Waals surface area contributed by atoms with Crippen molar-refractivity contribution in [1.82, 2.24) is 0 Å². The fourth-order valence-corrected chi connectivity index (χ4v) is 1.41. The number of aldehydes is 1. The third kappa shape index (κ3) is 3.27. The number of aliphatic hydroxyl groups is 2. The summed E-state index contributed by atoms with van der Waals surface area (Å²) >= 11 is 0. The van der Waals surface area contributed by atoms with E-state index in [1.807, 2.05) is 0 Å². The fourth-order valence-electron chi connectivity index (χ4n) is 1.41. The van der Waals surface area contributed by atoms with Gasteiger partial charge in [-0.3, -0.25) is 9.59 Å². The monoisotopic (exact) mass is 239 g/mol. The van der Waals surface area contributed by atoms with E-state index in [0.29, 0.717) is 6.29 Å². The minimum Gasteiger partial charge on any atom is -0.508 e. The Hall–Kier alpha value is -1.92. The highest BCUT2D eigenvalue weighted by molar-refractivity contribution is 5.76. The third-order valence-corrected chi connectivity index (χ3v) is 2.28. The highest BCUT2D eigenvalue weighted by atomic mass is 16.3. The molecule has 0 aliphatic heterocycles. The van der Waals surface area contributed by atoms with Gasteiger partial charge in [0.1, 0.15) is 18.1 Å². The SMILES string of the molecule is NC(=O)CC(O)C(O)c1cc(C=O)ccc1O. The van der Waals surface area contributed by atoms with Crippen LogP contribution in [0.3, 0.4) is 0 Å². The zero-order valence-corrected chi connectivity index (χ0v) is 8.91. The molecule has 6 nitrogen and oxygen atoms in total. The summed E-state index contributed by atoms with van der Waals surface area (Å²) in [5.74, 6) is -1.05. The lowest BCUT2D eigenvalue weighted by molar-refractivity contribution is -0.121. The maximum atomic E-state index is 10.6. The molecule has 0 heterocycles. The predicted molar refractivity (Wildman–Crippen MR) is 58.3 cm³/mol. The van der Waals surface area contributed by atoms with Crippen molar-refractivity contribution in [2.24, 2.45) is 5.73 Å². The standard InChI is InChI=1S/C11H13NO5/c12-10(16)4-9(15)11(17)7-3-6(5-13)1-2-8(7)14/h1-3,5,9,11,14-15,17H,4H2,(H2,12,16). The number of phenols is 1. The average Bonchev–Trinajstić information content (AvgIpc) is 2.28. The van der Waals surface area contributed by atoms with Crippen molar-refractivity contribution in [3.63, 3.8) is 0 Å². The largest absolute Gasteiger partial charge is 0.508 e. The van der Waals surface area contributed by atoms with Crippen molar-refractivity contribution in [1.29, 1.82) is 0 Å². The van der Waals surface area contributed by atoms with E-state index in [4.69, 9.17) is 5.73 Å². The first kappa shape index (κ1) is 13.1. The second-order valence-electron chi connectivity index (χ2n) is 3.62. The van der Waals surface area contributed by atoms with Crippen LogP contribution in [0, 0.1) is 0 Å². The number of hydrogen-bond acceptors (Lipinski definition) is 5. The lowest BCUT2D eigenvalue weighted by atomic mass is 9.99. The smallest absolute Gasteiger partial charge is 0.220 e. The zero-order chi connectivity index (χ0) is 13.0.